The Kier molecular flexibility index (Phi) is 5.30. The summed E-state index contributed by atoms with van der Waals surface area (Å²) in [7, 11) is 0. The second-order valence-electron chi connectivity index (χ2n) is 5.24. The Hall–Kier alpha value is -0.980. The summed E-state index contributed by atoms with van der Waals surface area (Å²) in [6, 6.07) is 0.487. The molecule has 1 fully saturated rings. The molecular formula is C13H25N5O. The Balaban J connectivity index is 1.79. The Morgan fingerprint density at radius 1 is 1.42 bits per heavy atom. The van der Waals surface area contributed by atoms with Crippen LogP contribution in [0.25, 0.3) is 0 Å². The molecule has 2 rings (SSSR count). The smallest absolute Gasteiger partial charge is 0.0964 e. The van der Waals surface area contributed by atoms with E-state index in [1.165, 1.54) is 0 Å². The average molecular weight is 267 g/mol. The third-order valence-electron chi connectivity index (χ3n) is 3.50. The molecule has 1 aromatic heterocycles. The third-order valence-corrected chi connectivity index (χ3v) is 3.50. The molecule has 1 aliphatic heterocycles. The fraction of sp³-hybridized carbons (Fsp3) is 0.846. The molecule has 108 valence electrons. The van der Waals surface area contributed by atoms with E-state index in [2.05, 4.69) is 41.3 Å². The summed E-state index contributed by atoms with van der Waals surface area (Å²) in [4.78, 5) is 2.46. The first kappa shape index (κ1) is 14.4. The average Bonchev–Trinajstić information content (AvgIpc) is 2.85. The highest BCUT2D eigenvalue weighted by Gasteiger charge is 2.22. The van der Waals surface area contributed by atoms with Crippen molar-refractivity contribution in [3.63, 3.8) is 0 Å². The van der Waals surface area contributed by atoms with Gasteiger partial charge in [0.25, 0.3) is 0 Å². The van der Waals surface area contributed by atoms with Gasteiger partial charge in [0, 0.05) is 31.9 Å². The largest absolute Gasteiger partial charge is 0.376 e. The quantitative estimate of drug-likeness (QED) is 0.813. The van der Waals surface area contributed by atoms with Crippen LogP contribution in [-0.4, -0.2) is 58.3 Å². The number of nitrogens with one attached hydrogen (secondary N) is 1. The molecule has 0 saturated carbocycles. The molecule has 0 spiro atoms. The van der Waals surface area contributed by atoms with Crippen LogP contribution >= 0.6 is 0 Å². The van der Waals surface area contributed by atoms with Gasteiger partial charge in [-0.3, -0.25) is 9.58 Å². The molecule has 6 heteroatoms. The summed E-state index contributed by atoms with van der Waals surface area (Å²) in [5, 5.41) is 11.6. The molecule has 0 radical (unpaired) electrons. The predicted octanol–water partition coefficient (Wildman–Crippen LogP) is 0.497. The number of ether oxygens (including phenoxy) is 1. The van der Waals surface area contributed by atoms with Crippen LogP contribution < -0.4 is 5.32 Å². The molecule has 6 nitrogen and oxygen atoms in total. The highest BCUT2D eigenvalue weighted by atomic mass is 16.5. The van der Waals surface area contributed by atoms with Crippen LogP contribution in [0.3, 0.4) is 0 Å². The fourth-order valence-corrected chi connectivity index (χ4v) is 2.30. The van der Waals surface area contributed by atoms with Gasteiger partial charge in [0.15, 0.2) is 0 Å². The minimum atomic E-state index is 0.330. The van der Waals surface area contributed by atoms with E-state index in [1.54, 1.807) is 0 Å². The molecule has 1 aliphatic rings. The first-order valence-corrected chi connectivity index (χ1v) is 7.14. The Labute approximate surface area is 115 Å². The van der Waals surface area contributed by atoms with E-state index in [4.69, 9.17) is 4.74 Å². The van der Waals surface area contributed by atoms with E-state index >= 15 is 0 Å². The zero-order chi connectivity index (χ0) is 13.7. The predicted molar refractivity (Wildman–Crippen MR) is 73.9 cm³/mol. The van der Waals surface area contributed by atoms with Gasteiger partial charge < -0.3 is 10.1 Å². The molecule has 1 saturated heterocycles. The zero-order valence-electron chi connectivity index (χ0n) is 12.2. The van der Waals surface area contributed by atoms with Gasteiger partial charge in [0.05, 0.1) is 24.9 Å². The van der Waals surface area contributed by atoms with Gasteiger partial charge in [0.1, 0.15) is 0 Å². The Bertz CT molecular complexity index is 381. The van der Waals surface area contributed by atoms with Crippen LogP contribution in [0, 0.1) is 0 Å². The molecule has 2 unspecified atom stereocenters. The van der Waals surface area contributed by atoms with Gasteiger partial charge in [-0.15, -0.1) is 5.10 Å². The molecule has 0 amide bonds. The van der Waals surface area contributed by atoms with E-state index in [9.17, 15) is 0 Å². The van der Waals surface area contributed by atoms with Gasteiger partial charge >= 0.3 is 0 Å². The van der Waals surface area contributed by atoms with Crippen LogP contribution in [0.2, 0.25) is 0 Å². The van der Waals surface area contributed by atoms with E-state index in [-0.39, 0.29) is 0 Å². The molecule has 2 heterocycles. The third kappa shape index (κ3) is 4.26. The summed E-state index contributed by atoms with van der Waals surface area (Å²) < 4.78 is 7.57. The van der Waals surface area contributed by atoms with Gasteiger partial charge in [-0.1, -0.05) is 12.1 Å². The van der Waals surface area contributed by atoms with Crippen molar-refractivity contribution in [2.24, 2.45) is 0 Å². The summed E-state index contributed by atoms with van der Waals surface area (Å²) in [5.74, 6) is 0. The topological polar surface area (TPSA) is 55.2 Å². The second kappa shape index (κ2) is 6.98. The standard InChI is InChI=1S/C13H25N5O/c1-4-14-7-13-9-18(16-15-13)6-5-17-8-12(3)19-10-11(17)2/h9,11-12,14H,4-8,10H2,1-3H3. The van der Waals surface area contributed by atoms with Gasteiger partial charge in [-0.25, -0.2) is 0 Å². The number of aromatic nitrogens is 3. The molecule has 1 aromatic rings. The number of hydrogen-bond donors (Lipinski definition) is 1. The van der Waals surface area contributed by atoms with E-state index in [0.717, 1.165) is 45.0 Å². The minimum Gasteiger partial charge on any atom is -0.376 e. The molecule has 0 aromatic carbocycles. The summed E-state index contributed by atoms with van der Waals surface area (Å²) >= 11 is 0. The van der Waals surface area contributed by atoms with Crippen LogP contribution in [-0.2, 0) is 17.8 Å². The van der Waals surface area contributed by atoms with Crippen molar-refractivity contribution in [1.29, 1.82) is 0 Å². The van der Waals surface area contributed by atoms with Gasteiger partial charge in [-0.05, 0) is 20.4 Å². The fourth-order valence-electron chi connectivity index (χ4n) is 2.30. The lowest BCUT2D eigenvalue weighted by molar-refractivity contribution is -0.0504. The van der Waals surface area contributed by atoms with Gasteiger partial charge in [-0.2, -0.15) is 0 Å². The maximum absolute atomic E-state index is 5.64. The Morgan fingerprint density at radius 2 is 2.26 bits per heavy atom. The molecular weight excluding hydrogens is 242 g/mol. The number of nitrogens with zero attached hydrogens (tertiary/aromatic N) is 4. The van der Waals surface area contributed by atoms with Crippen LogP contribution in [0.4, 0.5) is 0 Å². The maximum Gasteiger partial charge on any atom is 0.0964 e. The molecule has 0 bridgehead atoms. The van der Waals surface area contributed by atoms with E-state index in [1.807, 2.05) is 10.9 Å². The molecule has 1 N–H and O–H groups in total. The minimum absolute atomic E-state index is 0.330. The summed E-state index contributed by atoms with van der Waals surface area (Å²) in [5.41, 5.74) is 1.00. The normalized spacial score (nSPS) is 24.8. The van der Waals surface area contributed by atoms with Crippen molar-refractivity contribution in [3.8, 4) is 0 Å². The maximum atomic E-state index is 5.64. The van der Waals surface area contributed by atoms with E-state index < -0.39 is 0 Å². The van der Waals surface area contributed by atoms with Crippen molar-refractivity contribution in [1.82, 2.24) is 25.2 Å². The second-order valence-corrected chi connectivity index (χ2v) is 5.24. The molecule has 19 heavy (non-hydrogen) atoms. The number of hydrogen-bond acceptors (Lipinski definition) is 5. The Morgan fingerprint density at radius 3 is 3.05 bits per heavy atom. The first-order chi connectivity index (χ1) is 9.19. The number of rotatable bonds is 6. The van der Waals surface area contributed by atoms with Crippen LogP contribution in [0.15, 0.2) is 6.20 Å². The van der Waals surface area contributed by atoms with Crippen molar-refractivity contribution in [2.75, 3.05) is 26.2 Å². The monoisotopic (exact) mass is 267 g/mol. The highest BCUT2D eigenvalue weighted by Crippen LogP contribution is 2.10. The molecule has 0 aliphatic carbocycles. The van der Waals surface area contributed by atoms with Crippen molar-refractivity contribution in [3.05, 3.63) is 11.9 Å². The lowest BCUT2D eigenvalue weighted by Gasteiger charge is -2.36. The van der Waals surface area contributed by atoms with Crippen molar-refractivity contribution < 1.29 is 4.74 Å². The van der Waals surface area contributed by atoms with Crippen molar-refractivity contribution in [2.45, 2.75) is 46.0 Å². The molecule has 2 atom stereocenters. The zero-order valence-corrected chi connectivity index (χ0v) is 12.2. The van der Waals surface area contributed by atoms with Crippen LogP contribution in [0.5, 0.6) is 0 Å². The lowest BCUT2D eigenvalue weighted by atomic mass is 10.2. The SMILES string of the molecule is CCNCc1cn(CCN2CC(C)OCC2C)nn1. The van der Waals surface area contributed by atoms with Crippen LogP contribution in [0.1, 0.15) is 26.5 Å². The summed E-state index contributed by atoms with van der Waals surface area (Å²) in [6.45, 7) is 11.9. The van der Waals surface area contributed by atoms with E-state index in [0.29, 0.717) is 12.1 Å². The number of morpholine rings is 1. The highest BCUT2D eigenvalue weighted by molar-refractivity contribution is 4.91. The van der Waals surface area contributed by atoms with Crippen molar-refractivity contribution >= 4 is 0 Å². The van der Waals surface area contributed by atoms with Gasteiger partial charge in [0.2, 0.25) is 0 Å². The first-order valence-electron chi connectivity index (χ1n) is 7.14. The summed E-state index contributed by atoms with van der Waals surface area (Å²) in [6.07, 6.45) is 2.35. The lowest BCUT2D eigenvalue weighted by Crippen LogP contribution is -2.48.